The molecule has 76 valence electrons. The molecule has 0 saturated heterocycles. The van der Waals surface area contributed by atoms with Crippen LogP contribution in [0.2, 0.25) is 0 Å². The fourth-order valence-electron chi connectivity index (χ4n) is 1.46. The van der Waals surface area contributed by atoms with Crippen molar-refractivity contribution < 1.29 is 15.0 Å². The molecule has 0 saturated carbocycles. The van der Waals surface area contributed by atoms with Crippen LogP contribution in [0, 0.1) is 0 Å². The van der Waals surface area contributed by atoms with E-state index in [9.17, 15) is 9.90 Å². The van der Waals surface area contributed by atoms with Crippen molar-refractivity contribution in [2.75, 3.05) is 0 Å². The summed E-state index contributed by atoms with van der Waals surface area (Å²) < 4.78 is 0. The summed E-state index contributed by atoms with van der Waals surface area (Å²) in [4.78, 5) is 13.5. The zero-order valence-electron chi connectivity index (χ0n) is 7.77. The van der Waals surface area contributed by atoms with Crippen molar-refractivity contribution in [1.82, 2.24) is 4.98 Å². The van der Waals surface area contributed by atoms with Gasteiger partial charge in [-0.15, -0.1) is 0 Å². The Balaban J connectivity index is 2.54. The number of aromatic nitrogens is 1. The number of rotatable bonds is 2. The highest BCUT2D eigenvalue weighted by Crippen LogP contribution is 2.25. The number of nitrogens with one attached hydrogen (secondary N) is 1. The van der Waals surface area contributed by atoms with Crippen molar-refractivity contribution >= 4 is 5.97 Å². The van der Waals surface area contributed by atoms with Gasteiger partial charge in [-0.3, -0.25) is 0 Å². The Kier molecular flexibility index (Phi) is 2.17. The number of benzene rings is 1. The maximum Gasteiger partial charge on any atom is 0.352 e. The molecule has 0 aliphatic heterocycles. The minimum absolute atomic E-state index is 0.116. The van der Waals surface area contributed by atoms with Crippen LogP contribution in [0.15, 0.2) is 36.5 Å². The first-order valence-electron chi connectivity index (χ1n) is 4.38. The van der Waals surface area contributed by atoms with Gasteiger partial charge in [-0.2, -0.15) is 0 Å². The van der Waals surface area contributed by atoms with Gasteiger partial charge in [-0.25, -0.2) is 4.79 Å². The lowest BCUT2D eigenvalue weighted by Gasteiger charge is -2.00. The number of phenols is 1. The van der Waals surface area contributed by atoms with Crippen LogP contribution in [0.3, 0.4) is 0 Å². The molecule has 0 aliphatic rings. The number of aromatic amines is 1. The number of aromatic carboxylic acids is 1. The monoisotopic (exact) mass is 203 g/mol. The van der Waals surface area contributed by atoms with Crippen molar-refractivity contribution in [1.29, 1.82) is 0 Å². The quantitative estimate of drug-likeness (QED) is 0.699. The van der Waals surface area contributed by atoms with E-state index in [1.54, 1.807) is 24.4 Å². The summed E-state index contributed by atoms with van der Waals surface area (Å²) in [6.07, 6.45) is 1.56. The summed E-state index contributed by atoms with van der Waals surface area (Å²) in [6.45, 7) is 0. The van der Waals surface area contributed by atoms with Gasteiger partial charge in [0.25, 0.3) is 0 Å². The smallest absolute Gasteiger partial charge is 0.352 e. The molecule has 15 heavy (non-hydrogen) atoms. The topological polar surface area (TPSA) is 73.3 Å². The van der Waals surface area contributed by atoms with Gasteiger partial charge in [-0.05, 0) is 23.8 Å². The number of hydrogen-bond donors (Lipinski definition) is 3. The van der Waals surface area contributed by atoms with Gasteiger partial charge in [0.2, 0.25) is 0 Å². The van der Waals surface area contributed by atoms with E-state index < -0.39 is 5.97 Å². The second-order valence-electron chi connectivity index (χ2n) is 3.12. The number of aromatic hydroxyl groups is 1. The normalized spacial score (nSPS) is 10.1. The highest BCUT2D eigenvalue weighted by atomic mass is 16.4. The van der Waals surface area contributed by atoms with Crippen LogP contribution in [0.4, 0.5) is 0 Å². The van der Waals surface area contributed by atoms with Crippen molar-refractivity contribution in [3.05, 3.63) is 42.2 Å². The Morgan fingerprint density at radius 1 is 1.27 bits per heavy atom. The van der Waals surface area contributed by atoms with E-state index >= 15 is 0 Å². The Bertz CT molecular complexity index is 502. The van der Waals surface area contributed by atoms with E-state index in [-0.39, 0.29) is 11.4 Å². The Hall–Kier alpha value is -2.23. The van der Waals surface area contributed by atoms with Crippen molar-refractivity contribution in [3.8, 4) is 16.9 Å². The molecule has 0 atom stereocenters. The molecule has 1 aromatic heterocycles. The lowest BCUT2D eigenvalue weighted by Crippen LogP contribution is -1.98. The largest absolute Gasteiger partial charge is 0.508 e. The van der Waals surface area contributed by atoms with Gasteiger partial charge >= 0.3 is 5.97 Å². The van der Waals surface area contributed by atoms with Gasteiger partial charge in [0.15, 0.2) is 0 Å². The lowest BCUT2D eigenvalue weighted by molar-refractivity contribution is 0.0692. The molecule has 3 N–H and O–H groups in total. The highest BCUT2D eigenvalue weighted by molar-refractivity contribution is 5.94. The van der Waals surface area contributed by atoms with Gasteiger partial charge in [0.1, 0.15) is 11.4 Å². The standard InChI is InChI=1S/C11H9NO3/c13-8-3-1-2-7(6-8)9-4-5-12-10(9)11(14)15/h1-6,12-13H,(H,14,15). The molecule has 1 heterocycles. The maximum atomic E-state index is 10.8. The van der Waals surface area contributed by atoms with Crippen LogP contribution in [-0.2, 0) is 0 Å². The number of H-pyrrole nitrogens is 1. The fraction of sp³-hybridized carbons (Fsp3) is 0. The predicted octanol–water partition coefficient (Wildman–Crippen LogP) is 2.09. The Labute approximate surface area is 85.8 Å². The van der Waals surface area contributed by atoms with Crippen LogP contribution < -0.4 is 0 Å². The van der Waals surface area contributed by atoms with E-state index in [0.29, 0.717) is 11.1 Å². The maximum absolute atomic E-state index is 10.8. The SMILES string of the molecule is O=C(O)c1[nH]ccc1-c1cccc(O)c1. The van der Waals surface area contributed by atoms with E-state index in [2.05, 4.69) is 4.98 Å². The third-order valence-electron chi connectivity index (χ3n) is 2.12. The van der Waals surface area contributed by atoms with E-state index in [0.717, 1.165) is 0 Å². The number of carboxylic acids is 1. The molecule has 0 unspecified atom stereocenters. The van der Waals surface area contributed by atoms with E-state index in [1.165, 1.54) is 12.1 Å². The number of carbonyl (C=O) groups is 1. The third kappa shape index (κ3) is 1.69. The zero-order valence-corrected chi connectivity index (χ0v) is 7.77. The fourth-order valence-corrected chi connectivity index (χ4v) is 1.46. The number of phenolic OH excluding ortho intramolecular Hbond substituents is 1. The number of hydrogen-bond acceptors (Lipinski definition) is 2. The molecule has 2 aromatic rings. The van der Waals surface area contributed by atoms with Gasteiger partial charge in [0.05, 0.1) is 0 Å². The first-order chi connectivity index (χ1) is 7.18. The molecule has 0 radical (unpaired) electrons. The summed E-state index contributed by atoms with van der Waals surface area (Å²) in [6, 6.07) is 8.14. The van der Waals surface area contributed by atoms with Crippen LogP contribution in [0.1, 0.15) is 10.5 Å². The minimum Gasteiger partial charge on any atom is -0.508 e. The molecule has 1 aromatic carbocycles. The van der Waals surface area contributed by atoms with E-state index in [1.807, 2.05) is 0 Å². The zero-order chi connectivity index (χ0) is 10.8. The van der Waals surface area contributed by atoms with Crippen molar-refractivity contribution in [2.45, 2.75) is 0 Å². The van der Waals surface area contributed by atoms with Gasteiger partial charge in [-0.1, -0.05) is 12.1 Å². The molecule has 0 aliphatic carbocycles. The molecule has 0 amide bonds. The molecule has 0 bridgehead atoms. The molecule has 0 spiro atoms. The second-order valence-corrected chi connectivity index (χ2v) is 3.12. The molecular formula is C11H9NO3. The molecular weight excluding hydrogens is 194 g/mol. The Morgan fingerprint density at radius 3 is 2.73 bits per heavy atom. The van der Waals surface area contributed by atoms with Crippen LogP contribution in [0.5, 0.6) is 5.75 Å². The lowest BCUT2D eigenvalue weighted by atomic mass is 10.1. The summed E-state index contributed by atoms with van der Waals surface area (Å²) >= 11 is 0. The first-order valence-corrected chi connectivity index (χ1v) is 4.38. The van der Waals surface area contributed by atoms with Gasteiger partial charge in [0, 0.05) is 11.8 Å². The van der Waals surface area contributed by atoms with Crippen molar-refractivity contribution in [2.24, 2.45) is 0 Å². The molecule has 4 nitrogen and oxygen atoms in total. The summed E-state index contributed by atoms with van der Waals surface area (Å²) in [5.41, 5.74) is 1.37. The summed E-state index contributed by atoms with van der Waals surface area (Å²) in [5.74, 6) is -0.900. The van der Waals surface area contributed by atoms with Crippen LogP contribution in [0.25, 0.3) is 11.1 Å². The average Bonchev–Trinajstić information content (AvgIpc) is 2.65. The van der Waals surface area contributed by atoms with Crippen LogP contribution in [-0.4, -0.2) is 21.2 Å². The molecule has 0 fully saturated rings. The van der Waals surface area contributed by atoms with Crippen LogP contribution >= 0.6 is 0 Å². The highest BCUT2D eigenvalue weighted by Gasteiger charge is 2.12. The van der Waals surface area contributed by atoms with Gasteiger partial charge < -0.3 is 15.2 Å². The average molecular weight is 203 g/mol. The second kappa shape index (κ2) is 3.49. The Morgan fingerprint density at radius 2 is 2.07 bits per heavy atom. The molecule has 2 rings (SSSR count). The van der Waals surface area contributed by atoms with E-state index in [4.69, 9.17) is 5.11 Å². The predicted molar refractivity (Wildman–Crippen MR) is 54.9 cm³/mol. The minimum atomic E-state index is -1.02. The summed E-state index contributed by atoms with van der Waals surface area (Å²) in [5, 5.41) is 18.2. The summed E-state index contributed by atoms with van der Waals surface area (Å²) in [7, 11) is 0. The van der Waals surface area contributed by atoms with Crippen molar-refractivity contribution in [3.63, 3.8) is 0 Å². The number of carboxylic acid groups (broad SMARTS) is 1. The third-order valence-corrected chi connectivity index (χ3v) is 2.12. The molecule has 4 heteroatoms. The first kappa shape index (κ1) is 9.33.